The van der Waals surface area contributed by atoms with Crippen LogP contribution in [0.2, 0.25) is 0 Å². The predicted molar refractivity (Wildman–Crippen MR) is 63.9 cm³/mol. The van der Waals surface area contributed by atoms with Crippen molar-refractivity contribution in [3.05, 3.63) is 0 Å². The molecule has 0 radical (unpaired) electrons. The Kier molecular flexibility index (Phi) is 8.21. The molecule has 0 aromatic heterocycles. The summed E-state index contributed by atoms with van der Waals surface area (Å²) in [5.41, 5.74) is 0. The summed E-state index contributed by atoms with van der Waals surface area (Å²) in [6.45, 7) is 5.20. The highest BCUT2D eigenvalue weighted by Crippen LogP contribution is 1.98. The van der Waals surface area contributed by atoms with Crippen molar-refractivity contribution in [3.8, 4) is 0 Å². The molecule has 16 heavy (non-hydrogen) atoms. The standard InChI is InChI=1S/C12H26N2O2/c1-4-5-6-8-13-9-7-10-14(2,3)11-12(15)16/h13H,4-11H2,1-3H3. The maximum Gasteiger partial charge on any atom is 0.119 e. The van der Waals surface area contributed by atoms with Gasteiger partial charge in [0.15, 0.2) is 0 Å². The molecule has 0 rings (SSSR count). The van der Waals surface area contributed by atoms with Crippen LogP contribution in [0.4, 0.5) is 0 Å². The van der Waals surface area contributed by atoms with Gasteiger partial charge in [0.2, 0.25) is 0 Å². The molecular weight excluding hydrogens is 204 g/mol. The zero-order valence-electron chi connectivity index (χ0n) is 10.9. The molecule has 4 nitrogen and oxygen atoms in total. The minimum Gasteiger partial charge on any atom is -0.544 e. The third-order valence-electron chi connectivity index (χ3n) is 2.63. The van der Waals surface area contributed by atoms with Crippen LogP contribution < -0.4 is 10.4 Å². The first kappa shape index (κ1) is 15.4. The maximum absolute atomic E-state index is 10.5. The van der Waals surface area contributed by atoms with Crippen LogP contribution in [-0.2, 0) is 4.79 Å². The third kappa shape index (κ3) is 9.93. The van der Waals surface area contributed by atoms with Gasteiger partial charge in [-0.3, -0.25) is 0 Å². The minimum absolute atomic E-state index is 0.0931. The number of carbonyl (C=O) groups is 1. The molecule has 0 spiro atoms. The monoisotopic (exact) mass is 230 g/mol. The van der Waals surface area contributed by atoms with Gasteiger partial charge in [0.05, 0.1) is 26.6 Å². The number of hydrogen-bond acceptors (Lipinski definition) is 3. The minimum atomic E-state index is -0.971. The fourth-order valence-corrected chi connectivity index (χ4v) is 1.69. The van der Waals surface area contributed by atoms with Crippen molar-refractivity contribution in [2.45, 2.75) is 32.6 Å². The van der Waals surface area contributed by atoms with Gasteiger partial charge in [-0.15, -0.1) is 0 Å². The zero-order chi connectivity index (χ0) is 12.4. The molecule has 0 unspecified atom stereocenters. The molecule has 0 heterocycles. The summed E-state index contributed by atoms with van der Waals surface area (Å²) in [4.78, 5) is 10.5. The summed E-state index contributed by atoms with van der Waals surface area (Å²) in [6, 6.07) is 0. The van der Waals surface area contributed by atoms with E-state index in [1.807, 2.05) is 14.1 Å². The van der Waals surface area contributed by atoms with Crippen molar-refractivity contribution in [1.29, 1.82) is 0 Å². The number of aliphatic carboxylic acids is 1. The summed E-state index contributed by atoms with van der Waals surface area (Å²) in [6.07, 6.45) is 4.76. The molecule has 0 saturated carbocycles. The maximum atomic E-state index is 10.5. The first-order chi connectivity index (χ1) is 7.48. The number of unbranched alkanes of at least 4 members (excludes halogenated alkanes) is 2. The van der Waals surface area contributed by atoms with Crippen LogP contribution in [0.3, 0.4) is 0 Å². The Morgan fingerprint density at radius 1 is 1.19 bits per heavy atom. The lowest BCUT2D eigenvalue weighted by Crippen LogP contribution is -2.49. The van der Waals surface area contributed by atoms with Gasteiger partial charge in [-0.2, -0.15) is 0 Å². The van der Waals surface area contributed by atoms with E-state index in [1.54, 1.807) is 0 Å². The smallest absolute Gasteiger partial charge is 0.119 e. The second kappa shape index (κ2) is 8.53. The number of nitrogens with zero attached hydrogens (tertiary/aromatic N) is 1. The Bertz CT molecular complexity index is 193. The zero-order valence-corrected chi connectivity index (χ0v) is 10.9. The van der Waals surface area contributed by atoms with Crippen LogP contribution in [0.25, 0.3) is 0 Å². The van der Waals surface area contributed by atoms with Crippen molar-refractivity contribution < 1.29 is 14.4 Å². The second-order valence-corrected chi connectivity index (χ2v) is 5.00. The Labute approximate surface area is 99.2 Å². The van der Waals surface area contributed by atoms with Gasteiger partial charge < -0.3 is 19.7 Å². The number of hydrogen-bond donors (Lipinski definition) is 1. The lowest BCUT2D eigenvalue weighted by atomic mass is 10.2. The number of carbonyl (C=O) groups excluding carboxylic acids is 1. The number of likely N-dealkylation sites (N-methyl/N-ethyl adjacent to an activating group) is 1. The molecule has 0 bridgehead atoms. The summed E-state index contributed by atoms with van der Waals surface area (Å²) in [7, 11) is 3.85. The van der Waals surface area contributed by atoms with Crippen LogP contribution in [0.1, 0.15) is 32.6 Å². The Hall–Kier alpha value is -0.610. The number of carboxylic acid groups (broad SMARTS) is 1. The van der Waals surface area contributed by atoms with Crippen LogP contribution in [0, 0.1) is 0 Å². The SMILES string of the molecule is CCCCCNCCC[N+](C)(C)CC(=O)[O-]. The second-order valence-electron chi connectivity index (χ2n) is 5.00. The van der Waals surface area contributed by atoms with Gasteiger partial charge >= 0.3 is 0 Å². The summed E-state index contributed by atoms with van der Waals surface area (Å²) < 4.78 is 0.499. The van der Waals surface area contributed by atoms with Gasteiger partial charge in [0.25, 0.3) is 0 Å². The van der Waals surface area contributed by atoms with Crippen LogP contribution in [0.15, 0.2) is 0 Å². The quantitative estimate of drug-likeness (QED) is 0.424. The molecule has 0 atom stereocenters. The molecule has 0 aliphatic rings. The van der Waals surface area contributed by atoms with E-state index in [2.05, 4.69) is 12.2 Å². The van der Waals surface area contributed by atoms with Gasteiger partial charge in [0, 0.05) is 13.0 Å². The van der Waals surface area contributed by atoms with Gasteiger partial charge in [-0.25, -0.2) is 0 Å². The fraction of sp³-hybridized carbons (Fsp3) is 0.917. The number of carboxylic acids is 1. The van der Waals surface area contributed by atoms with Crippen LogP contribution in [0.5, 0.6) is 0 Å². The van der Waals surface area contributed by atoms with E-state index in [0.29, 0.717) is 4.48 Å². The highest BCUT2D eigenvalue weighted by atomic mass is 16.4. The van der Waals surface area contributed by atoms with Crippen molar-refractivity contribution >= 4 is 5.97 Å². The Morgan fingerprint density at radius 3 is 2.38 bits per heavy atom. The molecule has 4 heteroatoms. The lowest BCUT2D eigenvalue weighted by molar-refractivity contribution is -0.884. The topological polar surface area (TPSA) is 52.2 Å². The normalized spacial score (nSPS) is 11.7. The average molecular weight is 230 g/mol. The average Bonchev–Trinajstić information content (AvgIpc) is 2.14. The van der Waals surface area contributed by atoms with E-state index in [0.717, 1.165) is 26.1 Å². The third-order valence-corrected chi connectivity index (χ3v) is 2.63. The van der Waals surface area contributed by atoms with Crippen molar-refractivity contribution in [2.24, 2.45) is 0 Å². The summed E-state index contributed by atoms with van der Waals surface area (Å²) in [5, 5.41) is 13.9. The molecular formula is C12H26N2O2. The fourth-order valence-electron chi connectivity index (χ4n) is 1.69. The number of rotatable bonds is 10. The van der Waals surface area contributed by atoms with E-state index in [9.17, 15) is 9.90 Å². The number of quaternary nitrogens is 1. The number of nitrogens with one attached hydrogen (secondary N) is 1. The molecule has 0 aromatic carbocycles. The molecule has 1 N–H and O–H groups in total. The van der Waals surface area contributed by atoms with Gasteiger partial charge in [-0.1, -0.05) is 19.8 Å². The first-order valence-corrected chi connectivity index (χ1v) is 6.20. The van der Waals surface area contributed by atoms with E-state index in [4.69, 9.17) is 0 Å². The molecule has 96 valence electrons. The van der Waals surface area contributed by atoms with E-state index in [-0.39, 0.29) is 6.54 Å². The molecule has 0 fully saturated rings. The molecule has 0 aromatic rings. The highest BCUT2D eigenvalue weighted by Gasteiger charge is 2.13. The van der Waals surface area contributed by atoms with E-state index in [1.165, 1.54) is 19.3 Å². The van der Waals surface area contributed by atoms with Crippen molar-refractivity contribution in [3.63, 3.8) is 0 Å². The Balaban J connectivity index is 3.39. The van der Waals surface area contributed by atoms with Crippen LogP contribution >= 0.6 is 0 Å². The summed E-state index contributed by atoms with van der Waals surface area (Å²) in [5.74, 6) is -0.971. The largest absolute Gasteiger partial charge is 0.544 e. The molecule has 0 amide bonds. The van der Waals surface area contributed by atoms with Crippen molar-refractivity contribution in [2.75, 3.05) is 40.3 Å². The predicted octanol–water partition coefficient (Wildman–Crippen LogP) is -0.0174. The van der Waals surface area contributed by atoms with Crippen molar-refractivity contribution in [1.82, 2.24) is 5.32 Å². The molecule has 0 saturated heterocycles. The van der Waals surface area contributed by atoms with Gasteiger partial charge in [-0.05, 0) is 13.0 Å². The lowest BCUT2D eigenvalue weighted by Gasteiger charge is -2.30. The highest BCUT2D eigenvalue weighted by molar-refractivity contribution is 5.65. The summed E-state index contributed by atoms with van der Waals surface area (Å²) >= 11 is 0. The molecule has 0 aliphatic heterocycles. The Morgan fingerprint density at radius 2 is 1.81 bits per heavy atom. The molecule has 0 aliphatic carbocycles. The van der Waals surface area contributed by atoms with Gasteiger partial charge in [0.1, 0.15) is 6.54 Å². The first-order valence-electron chi connectivity index (χ1n) is 6.20. The van der Waals surface area contributed by atoms with Crippen LogP contribution in [-0.4, -0.2) is 50.7 Å². The van der Waals surface area contributed by atoms with E-state index >= 15 is 0 Å². The van der Waals surface area contributed by atoms with E-state index < -0.39 is 5.97 Å².